The Balaban J connectivity index is 2.32. The van der Waals surface area contributed by atoms with E-state index in [0.29, 0.717) is 5.56 Å². The first kappa shape index (κ1) is 9.57. The average Bonchev–Trinajstić information content (AvgIpc) is 2.50. The predicted octanol–water partition coefficient (Wildman–Crippen LogP) is 0.898. The Kier molecular flexibility index (Phi) is 2.32. The van der Waals surface area contributed by atoms with Crippen LogP contribution in [0.5, 0.6) is 0 Å². The summed E-state index contributed by atoms with van der Waals surface area (Å²) in [4.78, 5) is 13.4. The zero-order valence-corrected chi connectivity index (χ0v) is 7.58. The fraction of sp³-hybridized carbons (Fsp3) is 0.111. The molecule has 1 aromatic carbocycles. The fourth-order valence-electron chi connectivity index (χ4n) is 1.27. The van der Waals surface area contributed by atoms with Crippen LogP contribution in [0.3, 0.4) is 0 Å². The van der Waals surface area contributed by atoms with Crippen molar-refractivity contribution in [3.05, 3.63) is 52.2 Å². The van der Waals surface area contributed by atoms with E-state index in [1.165, 1.54) is 6.33 Å². The minimum atomic E-state index is -0.673. The van der Waals surface area contributed by atoms with Crippen molar-refractivity contribution in [3.63, 3.8) is 0 Å². The van der Waals surface area contributed by atoms with Crippen LogP contribution >= 0.6 is 0 Å². The highest BCUT2D eigenvalue weighted by Gasteiger charge is 2.03. The lowest BCUT2D eigenvalue weighted by molar-refractivity contribution is 0.572. The largest absolute Gasteiger partial charge is 0.343 e. The molecule has 0 spiro atoms. The van der Waals surface area contributed by atoms with Crippen LogP contribution in [-0.4, -0.2) is 14.8 Å². The van der Waals surface area contributed by atoms with Crippen LogP contribution in [0.2, 0.25) is 0 Å². The lowest BCUT2D eigenvalue weighted by atomic mass is 10.2. The van der Waals surface area contributed by atoms with Crippen molar-refractivity contribution in [1.82, 2.24) is 14.8 Å². The number of aromatic nitrogens is 3. The Hall–Kier alpha value is -1.98. The third-order valence-electron chi connectivity index (χ3n) is 1.87. The molecule has 1 heterocycles. The highest BCUT2D eigenvalue weighted by molar-refractivity contribution is 5.17. The third kappa shape index (κ3) is 2.09. The topological polar surface area (TPSA) is 50.7 Å². The summed E-state index contributed by atoms with van der Waals surface area (Å²) in [6.45, 7) is 0.0387. The second kappa shape index (κ2) is 3.64. The number of halogens is 2. The van der Waals surface area contributed by atoms with Crippen molar-refractivity contribution in [2.24, 2.45) is 0 Å². The van der Waals surface area contributed by atoms with Gasteiger partial charge in [-0.3, -0.25) is 4.98 Å². The Bertz CT molecular complexity index is 512. The van der Waals surface area contributed by atoms with Gasteiger partial charge in [0, 0.05) is 6.07 Å². The standard InChI is InChI=1S/C9H7F2N3O/c10-7-1-6(2-8(11)3-7)4-14-9(15)12-5-13-14/h1-3,5H,4H2,(H,12,13,15). The molecule has 0 radical (unpaired) electrons. The second-order valence-corrected chi connectivity index (χ2v) is 3.03. The van der Waals surface area contributed by atoms with Gasteiger partial charge < -0.3 is 0 Å². The molecule has 0 amide bonds. The summed E-state index contributed by atoms with van der Waals surface area (Å²) in [6, 6.07) is 3.09. The first-order chi connectivity index (χ1) is 7.15. The lowest BCUT2D eigenvalue weighted by Gasteiger charge is -2.00. The summed E-state index contributed by atoms with van der Waals surface area (Å²) in [6.07, 6.45) is 1.22. The van der Waals surface area contributed by atoms with Crippen molar-refractivity contribution in [2.45, 2.75) is 6.54 Å². The normalized spacial score (nSPS) is 10.5. The monoisotopic (exact) mass is 211 g/mol. The van der Waals surface area contributed by atoms with E-state index in [2.05, 4.69) is 10.1 Å². The Labute approximate surface area is 83.2 Å². The van der Waals surface area contributed by atoms with Crippen LogP contribution < -0.4 is 5.69 Å². The van der Waals surface area contributed by atoms with Crippen molar-refractivity contribution >= 4 is 0 Å². The van der Waals surface area contributed by atoms with Crippen LogP contribution in [-0.2, 0) is 6.54 Å². The summed E-state index contributed by atoms with van der Waals surface area (Å²) >= 11 is 0. The maximum atomic E-state index is 12.8. The number of benzene rings is 1. The number of nitrogens with zero attached hydrogens (tertiary/aromatic N) is 2. The van der Waals surface area contributed by atoms with Gasteiger partial charge in [-0.2, -0.15) is 5.10 Å². The molecule has 0 bridgehead atoms. The maximum absolute atomic E-state index is 12.8. The lowest BCUT2D eigenvalue weighted by Crippen LogP contribution is -2.18. The minimum absolute atomic E-state index is 0.0387. The molecule has 78 valence electrons. The first-order valence-corrected chi connectivity index (χ1v) is 4.20. The maximum Gasteiger partial charge on any atom is 0.343 e. The Morgan fingerprint density at radius 2 is 1.93 bits per heavy atom. The van der Waals surface area contributed by atoms with Crippen molar-refractivity contribution in [2.75, 3.05) is 0 Å². The van der Waals surface area contributed by atoms with Gasteiger partial charge in [-0.15, -0.1) is 0 Å². The molecule has 15 heavy (non-hydrogen) atoms. The molecule has 0 aliphatic carbocycles. The highest BCUT2D eigenvalue weighted by Crippen LogP contribution is 2.08. The fourth-order valence-corrected chi connectivity index (χ4v) is 1.27. The number of hydrogen-bond donors (Lipinski definition) is 1. The van der Waals surface area contributed by atoms with Crippen LogP contribution in [0, 0.1) is 11.6 Å². The van der Waals surface area contributed by atoms with Gasteiger partial charge in [0.2, 0.25) is 0 Å². The molecule has 0 aliphatic heterocycles. The van der Waals surface area contributed by atoms with E-state index in [9.17, 15) is 13.6 Å². The van der Waals surface area contributed by atoms with E-state index in [1.807, 2.05) is 0 Å². The molecule has 0 fully saturated rings. The molecule has 0 saturated heterocycles. The van der Waals surface area contributed by atoms with Crippen molar-refractivity contribution < 1.29 is 8.78 Å². The van der Waals surface area contributed by atoms with Crippen LogP contribution in [0.4, 0.5) is 8.78 Å². The molecule has 0 aliphatic rings. The van der Waals surface area contributed by atoms with E-state index >= 15 is 0 Å². The van der Waals surface area contributed by atoms with E-state index in [4.69, 9.17) is 0 Å². The molecule has 1 N–H and O–H groups in total. The van der Waals surface area contributed by atoms with Gasteiger partial charge in [-0.1, -0.05) is 0 Å². The van der Waals surface area contributed by atoms with Gasteiger partial charge in [-0.05, 0) is 17.7 Å². The smallest absolute Gasteiger partial charge is 0.295 e. The van der Waals surface area contributed by atoms with Crippen LogP contribution in [0.15, 0.2) is 29.3 Å². The van der Waals surface area contributed by atoms with Gasteiger partial charge in [-0.25, -0.2) is 18.3 Å². The molecule has 6 heteroatoms. The number of nitrogens with one attached hydrogen (secondary N) is 1. The quantitative estimate of drug-likeness (QED) is 0.802. The van der Waals surface area contributed by atoms with Crippen LogP contribution in [0.25, 0.3) is 0 Å². The van der Waals surface area contributed by atoms with Gasteiger partial charge >= 0.3 is 5.69 Å². The summed E-state index contributed by atoms with van der Waals surface area (Å²) in [5.41, 5.74) is -0.0682. The SMILES string of the molecule is O=c1[nH]cnn1Cc1cc(F)cc(F)c1. The van der Waals surface area contributed by atoms with Crippen molar-refractivity contribution in [1.29, 1.82) is 0 Å². The van der Waals surface area contributed by atoms with Crippen LogP contribution in [0.1, 0.15) is 5.56 Å². The van der Waals surface area contributed by atoms with E-state index in [0.717, 1.165) is 22.9 Å². The second-order valence-electron chi connectivity index (χ2n) is 3.03. The van der Waals surface area contributed by atoms with Gasteiger partial charge in [0.15, 0.2) is 0 Å². The predicted molar refractivity (Wildman–Crippen MR) is 48.3 cm³/mol. The summed E-state index contributed by atoms with van der Waals surface area (Å²) in [7, 11) is 0. The van der Waals surface area contributed by atoms with Crippen molar-refractivity contribution in [3.8, 4) is 0 Å². The molecule has 1 aromatic heterocycles. The molecule has 0 saturated carbocycles. The molecular formula is C9H7F2N3O. The Morgan fingerprint density at radius 1 is 1.27 bits per heavy atom. The number of rotatable bonds is 2. The molecule has 0 atom stereocenters. The first-order valence-electron chi connectivity index (χ1n) is 4.20. The zero-order valence-electron chi connectivity index (χ0n) is 7.58. The molecule has 4 nitrogen and oxygen atoms in total. The summed E-state index contributed by atoms with van der Waals surface area (Å²) < 4.78 is 26.7. The molecular weight excluding hydrogens is 204 g/mol. The summed E-state index contributed by atoms with van der Waals surface area (Å²) in [5, 5.41) is 3.67. The Morgan fingerprint density at radius 3 is 2.47 bits per heavy atom. The third-order valence-corrected chi connectivity index (χ3v) is 1.87. The molecule has 0 unspecified atom stereocenters. The molecule has 2 aromatic rings. The molecule has 2 rings (SSSR count). The van der Waals surface area contributed by atoms with Gasteiger partial charge in [0.1, 0.15) is 18.0 Å². The van der Waals surface area contributed by atoms with E-state index < -0.39 is 17.3 Å². The van der Waals surface area contributed by atoms with Gasteiger partial charge in [0.05, 0.1) is 6.54 Å². The van der Waals surface area contributed by atoms with E-state index in [1.54, 1.807) is 0 Å². The minimum Gasteiger partial charge on any atom is -0.295 e. The highest BCUT2D eigenvalue weighted by atomic mass is 19.1. The zero-order chi connectivity index (χ0) is 10.8. The summed E-state index contributed by atoms with van der Waals surface area (Å²) in [5.74, 6) is -1.35. The average molecular weight is 211 g/mol. The number of H-pyrrole nitrogens is 1. The number of aromatic amines is 1. The van der Waals surface area contributed by atoms with Gasteiger partial charge in [0.25, 0.3) is 0 Å². The van der Waals surface area contributed by atoms with E-state index in [-0.39, 0.29) is 6.54 Å². The number of hydrogen-bond acceptors (Lipinski definition) is 2.